The maximum absolute atomic E-state index is 12.5. The SMILES string of the molecule is CN1CCC(C(=O)Nc2cccc(S(=O)(=O)C(F)F)c2)CC1=O. The first kappa shape index (κ1) is 17.3. The maximum Gasteiger partial charge on any atom is 0.341 e. The Bertz CT molecular complexity index is 721. The molecule has 1 unspecified atom stereocenters. The van der Waals surface area contributed by atoms with Gasteiger partial charge < -0.3 is 10.2 Å². The Kier molecular flexibility index (Phi) is 4.98. The summed E-state index contributed by atoms with van der Waals surface area (Å²) in [5.41, 5.74) is 0.100. The van der Waals surface area contributed by atoms with Crippen molar-refractivity contribution >= 4 is 27.3 Å². The zero-order valence-corrected chi connectivity index (χ0v) is 13.1. The zero-order valence-electron chi connectivity index (χ0n) is 12.3. The number of rotatable bonds is 4. The molecule has 1 saturated heterocycles. The topological polar surface area (TPSA) is 83.6 Å². The van der Waals surface area contributed by atoms with Crippen LogP contribution in [0, 0.1) is 5.92 Å². The largest absolute Gasteiger partial charge is 0.346 e. The summed E-state index contributed by atoms with van der Waals surface area (Å²) in [5, 5.41) is 2.48. The molecule has 0 aromatic heterocycles. The maximum atomic E-state index is 12.5. The lowest BCUT2D eigenvalue weighted by atomic mass is 9.95. The molecule has 126 valence electrons. The molecule has 2 rings (SSSR count). The predicted molar refractivity (Wildman–Crippen MR) is 78.6 cm³/mol. The van der Waals surface area contributed by atoms with Crippen LogP contribution in [0.15, 0.2) is 29.2 Å². The second kappa shape index (κ2) is 6.61. The van der Waals surface area contributed by atoms with Gasteiger partial charge in [0.1, 0.15) is 0 Å². The van der Waals surface area contributed by atoms with E-state index in [1.165, 1.54) is 17.0 Å². The molecule has 23 heavy (non-hydrogen) atoms. The van der Waals surface area contributed by atoms with E-state index in [4.69, 9.17) is 0 Å². The van der Waals surface area contributed by atoms with Crippen LogP contribution >= 0.6 is 0 Å². The molecular weight excluding hydrogens is 330 g/mol. The van der Waals surface area contributed by atoms with E-state index in [0.29, 0.717) is 13.0 Å². The summed E-state index contributed by atoms with van der Waals surface area (Å²) in [4.78, 5) is 24.7. The van der Waals surface area contributed by atoms with E-state index < -0.39 is 32.3 Å². The number of piperidine rings is 1. The molecule has 0 aliphatic carbocycles. The Balaban J connectivity index is 2.12. The molecule has 1 fully saturated rings. The number of nitrogens with one attached hydrogen (secondary N) is 1. The molecule has 0 bridgehead atoms. The van der Waals surface area contributed by atoms with Crippen molar-refractivity contribution in [2.45, 2.75) is 23.5 Å². The fourth-order valence-electron chi connectivity index (χ4n) is 2.26. The quantitative estimate of drug-likeness (QED) is 0.895. The van der Waals surface area contributed by atoms with Gasteiger partial charge in [0.15, 0.2) is 0 Å². The van der Waals surface area contributed by atoms with Gasteiger partial charge in [0, 0.05) is 31.6 Å². The van der Waals surface area contributed by atoms with E-state index in [0.717, 1.165) is 12.1 Å². The molecule has 1 aromatic carbocycles. The Morgan fingerprint density at radius 2 is 2.09 bits per heavy atom. The Hall–Kier alpha value is -2.03. The monoisotopic (exact) mass is 346 g/mol. The van der Waals surface area contributed by atoms with Gasteiger partial charge in [0.2, 0.25) is 21.7 Å². The molecule has 1 heterocycles. The van der Waals surface area contributed by atoms with Gasteiger partial charge in [-0.15, -0.1) is 0 Å². The third-order valence-corrected chi connectivity index (χ3v) is 5.08. The van der Waals surface area contributed by atoms with Gasteiger partial charge in [-0.25, -0.2) is 8.42 Å². The van der Waals surface area contributed by atoms with Crippen molar-refractivity contribution in [3.8, 4) is 0 Å². The zero-order chi connectivity index (χ0) is 17.2. The number of hydrogen-bond acceptors (Lipinski definition) is 4. The molecule has 6 nitrogen and oxygen atoms in total. The lowest BCUT2D eigenvalue weighted by Gasteiger charge is -2.27. The Labute approximate surface area is 132 Å². The van der Waals surface area contributed by atoms with Crippen LogP contribution in [0.4, 0.5) is 14.5 Å². The summed E-state index contributed by atoms with van der Waals surface area (Å²) in [6.45, 7) is 0.455. The molecule has 1 aliphatic heterocycles. The second-order valence-corrected chi connectivity index (χ2v) is 7.25. The number of alkyl halides is 2. The van der Waals surface area contributed by atoms with Crippen molar-refractivity contribution in [3.63, 3.8) is 0 Å². The molecular formula is C14H16F2N2O4S. The van der Waals surface area contributed by atoms with Crippen molar-refractivity contribution in [2.75, 3.05) is 18.9 Å². The predicted octanol–water partition coefficient (Wildman–Crippen LogP) is 1.49. The highest BCUT2D eigenvalue weighted by Crippen LogP contribution is 2.23. The first-order chi connectivity index (χ1) is 10.7. The summed E-state index contributed by atoms with van der Waals surface area (Å²) in [6.07, 6.45) is 0.556. The highest BCUT2D eigenvalue weighted by molar-refractivity contribution is 7.91. The minimum atomic E-state index is -4.72. The number of halogens is 2. The molecule has 1 aromatic rings. The van der Waals surface area contributed by atoms with Gasteiger partial charge in [0.25, 0.3) is 0 Å². The summed E-state index contributed by atoms with van der Waals surface area (Å²) in [7, 11) is -3.07. The Morgan fingerprint density at radius 3 is 2.70 bits per heavy atom. The molecule has 0 spiro atoms. The number of hydrogen-bond donors (Lipinski definition) is 1. The van der Waals surface area contributed by atoms with Crippen molar-refractivity contribution in [3.05, 3.63) is 24.3 Å². The first-order valence-electron chi connectivity index (χ1n) is 6.88. The van der Waals surface area contributed by atoms with Gasteiger partial charge in [-0.3, -0.25) is 9.59 Å². The van der Waals surface area contributed by atoms with Gasteiger partial charge in [-0.05, 0) is 24.6 Å². The minimum absolute atomic E-state index is 0.0668. The van der Waals surface area contributed by atoms with E-state index in [2.05, 4.69) is 5.32 Å². The van der Waals surface area contributed by atoms with E-state index in [1.807, 2.05) is 0 Å². The van der Waals surface area contributed by atoms with E-state index in [-0.39, 0.29) is 18.0 Å². The fraction of sp³-hybridized carbons (Fsp3) is 0.429. The number of anilines is 1. The van der Waals surface area contributed by atoms with Gasteiger partial charge in [0.05, 0.1) is 4.90 Å². The number of carbonyl (C=O) groups is 2. The number of sulfone groups is 1. The molecule has 1 aliphatic rings. The smallest absolute Gasteiger partial charge is 0.341 e. The number of nitrogens with zero attached hydrogens (tertiary/aromatic N) is 1. The summed E-state index contributed by atoms with van der Waals surface area (Å²) in [6, 6.07) is 4.69. The Morgan fingerprint density at radius 1 is 1.39 bits per heavy atom. The van der Waals surface area contributed by atoms with Crippen LogP contribution in [0.1, 0.15) is 12.8 Å². The van der Waals surface area contributed by atoms with Crippen LogP contribution in [0.5, 0.6) is 0 Å². The fourth-order valence-corrected chi connectivity index (χ4v) is 3.03. The molecule has 9 heteroatoms. The third-order valence-electron chi connectivity index (χ3n) is 3.70. The van der Waals surface area contributed by atoms with E-state index in [1.54, 1.807) is 7.05 Å². The normalized spacial score (nSPS) is 19.0. The lowest BCUT2D eigenvalue weighted by molar-refractivity contribution is -0.137. The number of amides is 2. The van der Waals surface area contributed by atoms with Crippen molar-refractivity contribution < 1.29 is 26.8 Å². The van der Waals surface area contributed by atoms with Gasteiger partial charge >= 0.3 is 5.76 Å². The summed E-state index contributed by atoms with van der Waals surface area (Å²) < 4.78 is 48.0. The average molecular weight is 346 g/mol. The van der Waals surface area contributed by atoms with E-state index in [9.17, 15) is 26.8 Å². The number of likely N-dealkylation sites (tertiary alicyclic amines) is 1. The van der Waals surface area contributed by atoms with Crippen LogP contribution in [-0.4, -0.2) is 44.5 Å². The van der Waals surface area contributed by atoms with Crippen molar-refractivity contribution in [1.29, 1.82) is 0 Å². The molecule has 1 N–H and O–H groups in total. The second-order valence-electron chi connectivity index (χ2n) is 5.33. The van der Waals surface area contributed by atoms with Crippen LogP contribution in [0.25, 0.3) is 0 Å². The molecule has 2 amide bonds. The number of carbonyl (C=O) groups excluding carboxylic acids is 2. The molecule has 0 radical (unpaired) electrons. The van der Waals surface area contributed by atoms with Gasteiger partial charge in [-0.1, -0.05) is 6.07 Å². The van der Waals surface area contributed by atoms with Crippen LogP contribution in [-0.2, 0) is 19.4 Å². The minimum Gasteiger partial charge on any atom is -0.346 e. The summed E-state index contributed by atoms with van der Waals surface area (Å²) >= 11 is 0. The van der Waals surface area contributed by atoms with Crippen LogP contribution in [0.3, 0.4) is 0 Å². The average Bonchev–Trinajstić information content (AvgIpc) is 2.50. The van der Waals surface area contributed by atoms with Crippen LogP contribution < -0.4 is 5.32 Å². The molecule has 1 atom stereocenters. The lowest BCUT2D eigenvalue weighted by Crippen LogP contribution is -2.39. The first-order valence-corrected chi connectivity index (χ1v) is 8.43. The third kappa shape index (κ3) is 3.84. The van der Waals surface area contributed by atoms with Gasteiger partial charge in [-0.2, -0.15) is 8.78 Å². The van der Waals surface area contributed by atoms with Crippen molar-refractivity contribution in [2.24, 2.45) is 5.92 Å². The summed E-state index contributed by atoms with van der Waals surface area (Å²) in [5.74, 6) is -4.63. The standard InChI is InChI=1S/C14H16F2N2O4S/c1-18-6-5-9(7-12(18)19)13(20)17-10-3-2-4-11(8-10)23(21,22)14(15)16/h2-4,8-9,14H,5-7H2,1H3,(H,17,20). The van der Waals surface area contributed by atoms with Crippen LogP contribution in [0.2, 0.25) is 0 Å². The van der Waals surface area contributed by atoms with E-state index >= 15 is 0 Å². The molecule has 0 saturated carbocycles. The number of benzene rings is 1. The van der Waals surface area contributed by atoms with Crippen molar-refractivity contribution in [1.82, 2.24) is 4.90 Å². The highest BCUT2D eigenvalue weighted by Gasteiger charge is 2.29. The highest BCUT2D eigenvalue weighted by atomic mass is 32.2.